The van der Waals surface area contributed by atoms with Crippen molar-refractivity contribution < 1.29 is 19.2 Å². The lowest BCUT2D eigenvalue weighted by Gasteiger charge is -2.35. The summed E-state index contributed by atoms with van der Waals surface area (Å²) in [5.41, 5.74) is -0.0946. The quantitative estimate of drug-likeness (QED) is 0.726. The summed E-state index contributed by atoms with van der Waals surface area (Å²) in [5.74, 6) is -0.554. The summed E-state index contributed by atoms with van der Waals surface area (Å²) in [6.45, 7) is 1.40. The molecule has 0 radical (unpaired) electrons. The number of pyridine rings is 1. The Morgan fingerprint density at radius 3 is 2.27 bits per heavy atom. The Hall–Kier alpha value is -2.97. The van der Waals surface area contributed by atoms with Gasteiger partial charge in [-0.1, -0.05) is 25.3 Å². The van der Waals surface area contributed by atoms with E-state index in [1.54, 1.807) is 22.1 Å². The van der Waals surface area contributed by atoms with Gasteiger partial charge in [0.15, 0.2) is 0 Å². The van der Waals surface area contributed by atoms with Crippen molar-refractivity contribution in [1.29, 1.82) is 0 Å². The van der Waals surface area contributed by atoms with E-state index in [4.69, 9.17) is 0 Å². The average Bonchev–Trinajstić information content (AvgIpc) is 2.98. The van der Waals surface area contributed by atoms with E-state index in [-0.39, 0.29) is 30.7 Å². The van der Waals surface area contributed by atoms with Crippen LogP contribution in [0.4, 0.5) is 4.79 Å². The Morgan fingerprint density at radius 1 is 0.967 bits per heavy atom. The minimum Gasteiger partial charge on any atom is -0.339 e. The molecule has 4 rings (SSSR count). The van der Waals surface area contributed by atoms with Crippen molar-refractivity contribution in [2.75, 3.05) is 32.7 Å². The fourth-order valence-corrected chi connectivity index (χ4v) is 4.52. The number of rotatable bonds is 4. The number of carbonyl (C=O) groups is 4. The maximum Gasteiger partial charge on any atom is 0.325 e. The number of hydrogen-bond acceptors (Lipinski definition) is 5. The Bertz CT molecular complexity index is 829. The van der Waals surface area contributed by atoms with Crippen LogP contribution in [-0.4, -0.2) is 81.7 Å². The largest absolute Gasteiger partial charge is 0.339 e. The van der Waals surface area contributed by atoms with E-state index in [0.717, 1.165) is 29.9 Å². The van der Waals surface area contributed by atoms with Gasteiger partial charge in [-0.3, -0.25) is 24.3 Å². The summed E-state index contributed by atoms with van der Waals surface area (Å²) in [6.07, 6.45) is 6.04. The van der Waals surface area contributed by atoms with Crippen LogP contribution in [0.5, 0.6) is 0 Å². The van der Waals surface area contributed by atoms with Crippen molar-refractivity contribution in [2.24, 2.45) is 0 Å². The van der Waals surface area contributed by atoms with Gasteiger partial charge in [-0.05, 0) is 25.0 Å². The zero-order valence-corrected chi connectivity index (χ0v) is 17.0. The predicted octanol–water partition coefficient (Wildman–Crippen LogP) is 0.550. The van der Waals surface area contributed by atoms with Crippen molar-refractivity contribution in [3.63, 3.8) is 0 Å². The van der Waals surface area contributed by atoms with Crippen molar-refractivity contribution in [3.05, 3.63) is 30.1 Å². The topological polar surface area (TPSA) is 103 Å². The molecule has 30 heavy (non-hydrogen) atoms. The van der Waals surface area contributed by atoms with Crippen LogP contribution >= 0.6 is 0 Å². The number of nitrogens with one attached hydrogen (secondary N) is 1. The zero-order chi connectivity index (χ0) is 21.1. The molecule has 9 heteroatoms. The molecule has 2 saturated heterocycles. The van der Waals surface area contributed by atoms with Crippen LogP contribution < -0.4 is 5.32 Å². The highest BCUT2D eigenvalue weighted by atomic mass is 16.2. The Labute approximate surface area is 175 Å². The molecule has 1 aromatic rings. The lowest BCUT2D eigenvalue weighted by atomic mass is 9.82. The first kappa shape index (κ1) is 20.3. The van der Waals surface area contributed by atoms with E-state index in [0.29, 0.717) is 39.0 Å². The Morgan fingerprint density at radius 2 is 1.63 bits per heavy atom. The molecule has 0 atom stereocenters. The lowest BCUT2D eigenvalue weighted by molar-refractivity contribution is -0.142. The van der Waals surface area contributed by atoms with Gasteiger partial charge >= 0.3 is 6.03 Å². The van der Waals surface area contributed by atoms with Gasteiger partial charge in [0.05, 0.1) is 6.42 Å². The van der Waals surface area contributed by atoms with Gasteiger partial charge < -0.3 is 15.1 Å². The van der Waals surface area contributed by atoms with Gasteiger partial charge in [0.25, 0.3) is 5.91 Å². The van der Waals surface area contributed by atoms with Crippen molar-refractivity contribution >= 4 is 23.8 Å². The summed E-state index contributed by atoms with van der Waals surface area (Å²) in [7, 11) is 0. The van der Waals surface area contributed by atoms with Crippen LogP contribution in [0.1, 0.15) is 37.8 Å². The van der Waals surface area contributed by atoms with Crippen LogP contribution in [0.15, 0.2) is 24.4 Å². The van der Waals surface area contributed by atoms with Crippen molar-refractivity contribution in [2.45, 2.75) is 44.1 Å². The standard InChI is InChI=1S/C21H27N5O4/c27-17(14-16-6-2-5-9-22-16)24-10-12-25(13-11-24)18(28)15-26-19(29)21(23-20(26)30)7-3-1-4-8-21/h2,5-6,9H,1,3-4,7-8,10-15H2,(H,23,30). The highest BCUT2D eigenvalue weighted by Gasteiger charge is 2.51. The molecular weight excluding hydrogens is 386 g/mol. The third-order valence-electron chi connectivity index (χ3n) is 6.29. The molecule has 3 heterocycles. The fraction of sp³-hybridized carbons (Fsp3) is 0.571. The second-order valence-electron chi connectivity index (χ2n) is 8.22. The molecule has 2 aliphatic heterocycles. The number of piperazine rings is 1. The lowest BCUT2D eigenvalue weighted by Crippen LogP contribution is -2.53. The van der Waals surface area contributed by atoms with Gasteiger partial charge in [0.2, 0.25) is 11.8 Å². The van der Waals surface area contributed by atoms with Gasteiger partial charge in [-0.15, -0.1) is 0 Å². The number of carbonyl (C=O) groups excluding carboxylic acids is 4. The molecule has 1 aromatic heterocycles. The minimum absolute atomic E-state index is 0.0193. The van der Waals surface area contributed by atoms with Crippen molar-refractivity contribution in [1.82, 2.24) is 25.0 Å². The number of imide groups is 1. The molecule has 0 bridgehead atoms. The Balaban J connectivity index is 1.29. The molecule has 1 N–H and O–H groups in total. The smallest absolute Gasteiger partial charge is 0.325 e. The van der Waals surface area contributed by atoms with Crippen molar-refractivity contribution in [3.8, 4) is 0 Å². The first-order valence-electron chi connectivity index (χ1n) is 10.6. The molecule has 0 aromatic carbocycles. The molecule has 3 fully saturated rings. The number of amides is 5. The molecular formula is C21H27N5O4. The van der Waals surface area contributed by atoms with E-state index in [9.17, 15) is 19.2 Å². The monoisotopic (exact) mass is 413 g/mol. The number of urea groups is 1. The number of aromatic nitrogens is 1. The molecule has 3 aliphatic rings. The van der Waals surface area contributed by atoms with E-state index in [2.05, 4.69) is 10.3 Å². The molecule has 160 valence electrons. The molecule has 0 unspecified atom stereocenters. The van der Waals surface area contributed by atoms with E-state index >= 15 is 0 Å². The SMILES string of the molecule is O=C(Cc1ccccn1)N1CCN(C(=O)CN2C(=O)NC3(CCCCC3)C2=O)CC1. The van der Waals surface area contributed by atoms with Crippen LogP contribution in [-0.2, 0) is 20.8 Å². The minimum atomic E-state index is -0.813. The van der Waals surface area contributed by atoms with E-state index in [1.807, 2.05) is 12.1 Å². The third-order valence-corrected chi connectivity index (χ3v) is 6.29. The molecule has 1 aliphatic carbocycles. The van der Waals surface area contributed by atoms with Gasteiger partial charge in [-0.2, -0.15) is 0 Å². The highest BCUT2D eigenvalue weighted by Crippen LogP contribution is 2.33. The van der Waals surface area contributed by atoms with Gasteiger partial charge in [0, 0.05) is 38.1 Å². The van der Waals surface area contributed by atoms with Gasteiger partial charge in [0.1, 0.15) is 12.1 Å². The third kappa shape index (κ3) is 4.01. The first-order valence-corrected chi connectivity index (χ1v) is 10.6. The van der Waals surface area contributed by atoms with Crippen LogP contribution in [0.3, 0.4) is 0 Å². The maximum atomic E-state index is 12.8. The average molecular weight is 413 g/mol. The summed E-state index contributed by atoms with van der Waals surface area (Å²) in [6, 6.07) is 4.99. The van der Waals surface area contributed by atoms with Crippen LogP contribution in [0.2, 0.25) is 0 Å². The van der Waals surface area contributed by atoms with Crippen LogP contribution in [0, 0.1) is 0 Å². The van der Waals surface area contributed by atoms with E-state index in [1.165, 1.54) is 0 Å². The molecule has 5 amide bonds. The number of hydrogen-bond donors (Lipinski definition) is 1. The summed E-state index contributed by atoms with van der Waals surface area (Å²) >= 11 is 0. The number of nitrogens with zero attached hydrogens (tertiary/aromatic N) is 4. The van der Waals surface area contributed by atoms with Gasteiger partial charge in [-0.25, -0.2) is 4.79 Å². The normalized spacial score (nSPS) is 21.1. The second kappa shape index (κ2) is 8.41. The summed E-state index contributed by atoms with van der Waals surface area (Å²) in [4.78, 5) is 59.0. The maximum absolute atomic E-state index is 12.8. The van der Waals surface area contributed by atoms with E-state index < -0.39 is 11.6 Å². The summed E-state index contributed by atoms with van der Waals surface area (Å²) in [5, 5.41) is 2.83. The predicted molar refractivity (Wildman–Crippen MR) is 107 cm³/mol. The molecule has 1 saturated carbocycles. The summed E-state index contributed by atoms with van der Waals surface area (Å²) < 4.78 is 0. The fourth-order valence-electron chi connectivity index (χ4n) is 4.52. The Kier molecular flexibility index (Phi) is 5.69. The molecule has 1 spiro atoms. The first-order chi connectivity index (χ1) is 14.5. The zero-order valence-electron chi connectivity index (χ0n) is 17.0. The highest BCUT2D eigenvalue weighted by molar-refractivity contribution is 6.09. The van der Waals surface area contributed by atoms with Crippen LogP contribution in [0.25, 0.3) is 0 Å². The molecule has 9 nitrogen and oxygen atoms in total. The second-order valence-corrected chi connectivity index (χ2v) is 8.22.